The van der Waals surface area contributed by atoms with Crippen LogP contribution in [0.3, 0.4) is 0 Å². The Balaban J connectivity index is 2.80. The van der Waals surface area contributed by atoms with Gasteiger partial charge in [-0.15, -0.1) is 0 Å². The number of nitrogens with zero attached hydrogens (tertiary/aromatic N) is 1. The molecule has 9 heteroatoms. The number of nitrogens with two attached hydrogens (primary N) is 2. The molecule has 7 N–H and O–H groups in total. The first-order chi connectivity index (χ1) is 10.4. The fraction of sp³-hybridized carbons (Fsp3) is 0.769. The highest BCUT2D eigenvalue weighted by molar-refractivity contribution is 5.91. The van der Waals surface area contributed by atoms with Crippen molar-refractivity contribution in [3.05, 3.63) is 0 Å². The van der Waals surface area contributed by atoms with Crippen LogP contribution in [0.15, 0.2) is 0 Å². The Morgan fingerprint density at radius 1 is 1.27 bits per heavy atom. The van der Waals surface area contributed by atoms with E-state index in [0.717, 1.165) is 4.90 Å². The molecule has 1 aliphatic rings. The van der Waals surface area contributed by atoms with Crippen molar-refractivity contribution in [1.29, 1.82) is 0 Å². The maximum Gasteiger partial charge on any atom is 0.329 e. The van der Waals surface area contributed by atoms with Crippen molar-refractivity contribution < 1.29 is 24.6 Å². The Kier molecular flexibility index (Phi) is 7.22. The van der Waals surface area contributed by atoms with Crippen LogP contribution in [0.1, 0.15) is 25.7 Å². The van der Waals surface area contributed by atoms with E-state index in [-0.39, 0.29) is 19.5 Å². The number of hydrogen-bond donors (Lipinski definition) is 5. The van der Waals surface area contributed by atoms with Crippen LogP contribution in [0.4, 0.5) is 0 Å². The van der Waals surface area contributed by atoms with Crippen LogP contribution < -0.4 is 16.8 Å². The largest absolute Gasteiger partial charge is 0.480 e. The molecule has 0 radical (unpaired) electrons. The van der Waals surface area contributed by atoms with Gasteiger partial charge in [0.15, 0.2) is 6.04 Å². The van der Waals surface area contributed by atoms with E-state index in [0.29, 0.717) is 25.8 Å². The van der Waals surface area contributed by atoms with Crippen LogP contribution in [0.5, 0.6) is 0 Å². The number of rotatable bonds is 8. The van der Waals surface area contributed by atoms with Gasteiger partial charge in [-0.25, -0.2) is 4.79 Å². The van der Waals surface area contributed by atoms with E-state index < -0.39 is 36.0 Å². The maximum absolute atomic E-state index is 12.5. The topological polar surface area (TPSA) is 159 Å². The predicted molar refractivity (Wildman–Crippen MR) is 77.7 cm³/mol. The molecule has 0 spiro atoms. The lowest BCUT2D eigenvalue weighted by molar-refractivity contribution is -0.152. The second-order valence-corrected chi connectivity index (χ2v) is 5.28. The summed E-state index contributed by atoms with van der Waals surface area (Å²) in [5, 5.41) is 21.4. The molecule has 1 unspecified atom stereocenters. The molecule has 9 nitrogen and oxygen atoms in total. The minimum absolute atomic E-state index is 0.142. The fourth-order valence-corrected chi connectivity index (χ4v) is 2.52. The number of carbonyl (C=O) groups is 3. The Hall–Kier alpha value is -1.71. The second-order valence-electron chi connectivity index (χ2n) is 5.28. The number of carboxylic acid groups (broad SMARTS) is 1. The van der Waals surface area contributed by atoms with Gasteiger partial charge in [-0.05, 0) is 32.2 Å². The molecule has 0 aromatic carbocycles. The van der Waals surface area contributed by atoms with Crippen molar-refractivity contribution in [2.45, 2.75) is 43.9 Å². The number of likely N-dealkylation sites (tertiary alicyclic amines) is 1. The van der Waals surface area contributed by atoms with Gasteiger partial charge < -0.3 is 31.9 Å². The van der Waals surface area contributed by atoms with Crippen LogP contribution >= 0.6 is 0 Å². The molecule has 2 amide bonds. The van der Waals surface area contributed by atoms with E-state index in [1.54, 1.807) is 0 Å². The first-order valence-corrected chi connectivity index (χ1v) is 7.33. The summed E-state index contributed by atoms with van der Waals surface area (Å²) in [6, 6.07) is -2.13. The number of aliphatic hydroxyl groups is 1. The normalized spacial score (nSPS) is 22.4. The molecule has 22 heavy (non-hydrogen) atoms. The summed E-state index contributed by atoms with van der Waals surface area (Å²) in [5.41, 5.74) is 10.6. The summed E-state index contributed by atoms with van der Waals surface area (Å²) >= 11 is 0. The van der Waals surface area contributed by atoms with Crippen molar-refractivity contribution in [2.75, 3.05) is 19.6 Å². The molecule has 3 atom stereocenters. The molecule has 126 valence electrons. The Labute approximate surface area is 128 Å². The number of aliphatic hydroxyl groups excluding tert-OH is 1. The van der Waals surface area contributed by atoms with Crippen LogP contribution in [0.2, 0.25) is 0 Å². The lowest BCUT2D eigenvalue weighted by Gasteiger charge is -2.28. The van der Waals surface area contributed by atoms with Crippen molar-refractivity contribution in [2.24, 2.45) is 11.5 Å². The van der Waals surface area contributed by atoms with Gasteiger partial charge in [0.25, 0.3) is 0 Å². The molecular weight excluding hydrogens is 292 g/mol. The third kappa shape index (κ3) is 4.65. The lowest BCUT2D eigenvalue weighted by atomic mass is 10.1. The monoisotopic (exact) mass is 316 g/mol. The molecule has 1 fully saturated rings. The van der Waals surface area contributed by atoms with Gasteiger partial charge in [-0.2, -0.15) is 0 Å². The van der Waals surface area contributed by atoms with Gasteiger partial charge in [0.05, 0.1) is 12.6 Å². The molecule has 1 heterocycles. The Bertz CT molecular complexity index is 417. The quantitative estimate of drug-likeness (QED) is 0.312. The first-order valence-electron chi connectivity index (χ1n) is 7.33. The van der Waals surface area contributed by atoms with Gasteiger partial charge in [0.2, 0.25) is 11.8 Å². The zero-order valence-corrected chi connectivity index (χ0v) is 12.4. The van der Waals surface area contributed by atoms with Gasteiger partial charge in [-0.3, -0.25) is 9.59 Å². The van der Waals surface area contributed by atoms with E-state index in [2.05, 4.69) is 5.32 Å². The SMILES string of the molecule is NCCCC[C@H](NC(=O)CN)C(=O)N1CCC(O)[C@H]1C(=O)O. The standard InChI is InChI=1S/C13H24N4O5/c14-5-2-1-3-8(16-10(19)7-15)12(20)17-6-4-9(18)11(17)13(21)22/h8-9,11,18H,1-7,14-15H2,(H,16,19)(H,21,22)/t8-,9?,11-/m0/s1. The van der Waals surface area contributed by atoms with Crippen LogP contribution in [-0.2, 0) is 14.4 Å². The summed E-state index contributed by atoms with van der Waals surface area (Å²) in [6.07, 6.45) is 0.750. The van der Waals surface area contributed by atoms with E-state index in [1.165, 1.54) is 0 Å². The fourth-order valence-electron chi connectivity index (χ4n) is 2.52. The molecule has 0 aromatic rings. The molecule has 0 saturated carbocycles. The first kappa shape index (κ1) is 18.3. The highest BCUT2D eigenvalue weighted by atomic mass is 16.4. The third-order valence-electron chi connectivity index (χ3n) is 3.67. The summed E-state index contributed by atoms with van der Waals surface area (Å²) in [7, 11) is 0. The summed E-state index contributed by atoms with van der Waals surface area (Å²) in [6.45, 7) is 0.348. The van der Waals surface area contributed by atoms with Crippen LogP contribution in [0, 0.1) is 0 Å². The minimum atomic E-state index is -1.28. The average Bonchev–Trinajstić information content (AvgIpc) is 2.87. The number of unbranched alkanes of at least 4 members (excludes halogenated alkanes) is 1. The second kappa shape index (κ2) is 8.66. The molecule has 0 bridgehead atoms. The number of hydrogen-bond acceptors (Lipinski definition) is 6. The third-order valence-corrected chi connectivity index (χ3v) is 3.67. The number of amides is 2. The van der Waals surface area contributed by atoms with Crippen LogP contribution in [-0.4, -0.2) is 70.7 Å². The van der Waals surface area contributed by atoms with Gasteiger partial charge >= 0.3 is 5.97 Å². The zero-order chi connectivity index (χ0) is 16.7. The van der Waals surface area contributed by atoms with Gasteiger partial charge in [-0.1, -0.05) is 0 Å². The summed E-state index contributed by atoms with van der Waals surface area (Å²) in [4.78, 5) is 36.3. The van der Waals surface area contributed by atoms with Crippen molar-refractivity contribution >= 4 is 17.8 Å². The highest BCUT2D eigenvalue weighted by Crippen LogP contribution is 2.20. The smallest absolute Gasteiger partial charge is 0.329 e. The molecule has 0 aromatic heterocycles. The van der Waals surface area contributed by atoms with Crippen molar-refractivity contribution in [3.8, 4) is 0 Å². The minimum Gasteiger partial charge on any atom is -0.480 e. The van der Waals surface area contributed by atoms with E-state index in [1.807, 2.05) is 0 Å². The molecule has 0 aliphatic carbocycles. The van der Waals surface area contributed by atoms with Gasteiger partial charge in [0.1, 0.15) is 6.04 Å². The summed E-state index contributed by atoms with van der Waals surface area (Å²) in [5.74, 6) is -2.26. The van der Waals surface area contributed by atoms with Crippen molar-refractivity contribution in [1.82, 2.24) is 10.2 Å². The number of carboxylic acids is 1. The van der Waals surface area contributed by atoms with E-state index >= 15 is 0 Å². The molecule has 1 rings (SSSR count). The number of carbonyl (C=O) groups excluding carboxylic acids is 2. The number of nitrogens with one attached hydrogen (secondary N) is 1. The maximum atomic E-state index is 12.5. The average molecular weight is 316 g/mol. The Morgan fingerprint density at radius 2 is 1.95 bits per heavy atom. The number of aliphatic carboxylic acids is 1. The van der Waals surface area contributed by atoms with E-state index in [9.17, 15) is 19.5 Å². The van der Waals surface area contributed by atoms with Gasteiger partial charge in [0, 0.05) is 6.54 Å². The molecular formula is C13H24N4O5. The summed E-state index contributed by atoms with van der Waals surface area (Å²) < 4.78 is 0. The zero-order valence-electron chi connectivity index (χ0n) is 12.4. The van der Waals surface area contributed by atoms with Crippen molar-refractivity contribution in [3.63, 3.8) is 0 Å². The predicted octanol–water partition coefficient (Wildman–Crippen LogP) is -2.39. The Morgan fingerprint density at radius 3 is 2.50 bits per heavy atom. The highest BCUT2D eigenvalue weighted by Gasteiger charge is 2.43. The van der Waals surface area contributed by atoms with Crippen LogP contribution in [0.25, 0.3) is 0 Å². The molecule has 1 aliphatic heterocycles. The van der Waals surface area contributed by atoms with E-state index in [4.69, 9.17) is 16.6 Å². The molecule has 1 saturated heterocycles. The lowest BCUT2D eigenvalue weighted by Crippen LogP contribution is -2.54.